The first kappa shape index (κ1) is 13.4. The maximum Gasteiger partial charge on any atom is 0.223 e. The molecule has 19 heavy (non-hydrogen) atoms. The number of hydrogen-bond donors (Lipinski definition) is 1. The van der Waals surface area contributed by atoms with Gasteiger partial charge < -0.3 is 9.84 Å². The molecule has 0 aliphatic carbocycles. The minimum Gasteiger partial charge on any atom is -0.377 e. The molecule has 1 N–H and O–H groups in total. The summed E-state index contributed by atoms with van der Waals surface area (Å²) in [5, 5.41) is 16.3. The Hall–Kier alpha value is -2.00. The minimum absolute atomic E-state index is 0.437. The minimum atomic E-state index is 0.437. The van der Waals surface area contributed by atoms with Crippen molar-refractivity contribution in [1.29, 1.82) is 5.26 Å². The van der Waals surface area contributed by atoms with Crippen molar-refractivity contribution >= 4 is 17.4 Å². The Labute approximate surface area is 116 Å². The highest BCUT2D eigenvalue weighted by Gasteiger charge is 2.09. The molecule has 0 fully saturated rings. The summed E-state index contributed by atoms with van der Waals surface area (Å²) in [6, 6.07) is 8.01. The molecule has 2 aromatic rings. The molecule has 0 aliphatic heterocycles. The lowest BCUT2D eigenvalue weighted by atomic mass is 10.2. The average molecular weight is 274 g/mol. The van der Waals surface area contributed by atoms with Crippen LogP contribution in [0.3, 0.4) is 0 Å². The van der Waals surface area contributed by atoms with E-state index in [0.717, 1.165) is 16.3 Å². The van der Waals surface area contributed by atoms with Crippen LogP contribution in [0.25, 0.3) is 0 Å². The number of rotatable bonds is 5. The van der Waals surface area contributed by atoms with Gasteiger partial charge in [-0.2, -0.15) is 10.2 Å². The highest BCUT2D eigenvalue weighted by atomic mass is 32.2. The van der Waals surface area contributed by atoms with Crippen LogP contribution in [0.5, 0.6) is 0 Å². The van der Waals surface area contributed by atoms with Crippen molar-refractivity contribution in [2.45, 2.75) is 25.3 Å². The van der Waals surface area contributed by atoms with Gasteiger partial charge in [0.25, 0.3) is 0 Å². The molecule has 0 saturated carbocycles. The molecule has 0 atom stereocenters. The molecule has 5 nitrogen and oxygen atoms in total. The SMILES string of the molecule is CCSc1cccc(NCc2noc(C)n2)c1C#N. The van der Waals surface area contributed by atoms with Crippen molar-refractivity contribution in [3.05, 3.63) is 35.5 Å². The van der Waals surface area contributed by atoms with Gasteiger partial charge in [-0.05, 0) is 17.9 Å². The normalized spacial score (nSPS) is 10.2. The first-order valence-electron chi connectivity index (χ1n) is 5.93. The second-order valence-electron chi connectivity index (χ2n) is 3.81. The van der Waals surface area contributed by atoms with Crippen molar-refractivity contribution < 1.29 is 4.52 Å². The van der Waals surface area contributed by atoms with Crippen LogP contribution in [-0.4, -0.2) is 15.9 Å². The molecule has 98 valence electrons. The van der Waals surface area contributed by atoms with E-state index >= 15 is 0 Å². The van der Waals surface area contributed by atoms with E-state index in [1.807, 2.05) is 18.2 Å². The van der Waals surface area contributed by atoms with Crippen LogP contribution in [0.2, 0.25) is 0 Å². The smallest absolute Gasteiger partial charge is 0.223 e. The zero-order valence-electron chi connectivity index (χ0n) is 10.8. The van der Waals surface area contributed by atoms with Crippen molar-refractivity contribution in [3.8, 4) is 6.07 Å². The fraction of sp³-hybridized carbons (Fsp3) is 0.308. The summed E-state index contributed by atoms with van der Waals surface area (Å²) in [5.74, 6) is 2.05. The number of benzene rings is 1. The van der Waals surface area contributed by atoms with E-state index < -0.39 is 0 Å². The summed E-state index contributed by atoms with van der Waals surface area (Å²) in [5.41, 5.74) is 1.46. The van der Waals surface area contributed by atoms with Crippen LogP contribution in [0, 0.1) is 18.3 Å². The molecule has 6 heteroatoms. The molecule has 1 aromatic heterocycles. The van der Waals surface area contributed by atoms with Crippen LogP contribution in [0.1, 0.15) is 24.2 Å². The van der Waals surface area contributed by atoms with Crippen molar-refractivity contribution in [1.82, 2.24) is 10.1 Å². The van der Waals surface area contributed by atoms with Gasteiger partial charge in [0, 0.05) is 11.8 Å². The van der Waals surface area contributed by atoms with E-state index in [1.165, 1.54) is 0 Å². The van der Waals surface area contributed by atoms with Crippen molar-refractivity contribution in [2.75, 3.05) is 11.1 Å². The van der Waals surface area contributed by atoms with Gasteiger partial charge in [0.05, 0.1) is 17.8 Å². The number of nitrogens with zero attached hydrogens (tertiary/aromatic N) is 3. The van der Waals surface area contributed by atoms with Gasteiger partial charge in [0.1, 0.15) is 6.07 Å². The maximum absolute atomic E-state index is 9.27. The van der Waals surface area contributed by atoms with Gasteiger partial charge >= 0.3 is 0 Å². The Morgan fingerprint density at radius 3 is 2.95 bits per heavy atom. The van der Waals surface area contributed by atoms with Gasteiger partial charge in [-0.3, -0.25) is 0 Å². The van der Waals surface area contributed by atoms with Gasteiger partial charge in [-0.1, -0.05) is 18.1 Å². The Morgan fingerprint density at radius 1 is 1.47 bits per heavy atom. The van der Waals surface area contributed by atoms with Gasteiger partial charge in [-0.15, -0.1) is 11.8 Å². The quantitative estimate of drug-likeness (QED) is 0.845. The molecular weight excluding hydrogens is 260 g/mol. The van der Waals surface area contributed by atoms with Gasteiger partial charge in [0.2, 0.25) is 5.89 Å². The second-order valence-corrected chi connectivity index (χ2v) is 5.11. The van der Waals surface area contributed by atoms with Crippen LogP contribution in [0.15, 0.2) is 27.6 Å². The Balaban J connectivity index is 2.16. The van der Waals surface area contributed by atoms with Crippen LogP contribution in [-0.2, 0) is 6.54 Å². The molecule has 0 aliphatic rings. The molecule has 0 radical (unpaired) electrons. The lowest BCUT2D eigenvalue weighted by Crippen LogP contribution is -2.03. The Morgan fingerprint density at radius 2 is 2.32 bits per heavy atom. The van der Waals surface area contributed by atoms with Crippen LogP contribution < -0.4 is 5.32 Å². The fourth-order valence-corrected chi connectivity index (χ4v) is 2.44. The number of aryl methyl sites for hydroxylation is 1. The number of anilines is 1. The predicted octanol–water partition coefficient (Wildman–Crippen LogP) is 2.97. The first-order chi connectivity index (χ1) is 9.24. The summed E-state index contributed by atoms with van der Waals surface area (Å²) in [4.78, 5) is 5.10. The lowest BCUT2D eigenvalue weighted by molar-refractivity contribution is 0.388. The first-order valence-corrected chi connectivity index (χ1v) is 6.92. The average Bonchev–Trinajstić information content (AvgIpc) is 2.83. The van der Waals surface area contributed by atoms with E-state index in [0.29, 0.717) is 23.8 Å². The third-order valence-electron chi connectivity index (χ3n) is 2.44. The van der Waals surface area contributed by atoms with E-state index in [4.69, 9.17) is 4.52 Å². The van der Waals surface area contributed by atoms with Crippen LogP contribution in [0.4, 0.5) is 5.69 Å². The largest absolute Gasteiger partial charge is 0.377 e. The van der Waals surface area contributed by atoms with Gasteiger partial charge in [-0.25, -0.2) is 0 Å². The summed E-state index contributed by atoms with van der Waals surface area (Å²) >= 11 is 1.65. The number of hydrogen-bond acceptors (Lipinski definition) is 6. The summed E-state index contributed by atoms with van der Waals surface area (Å²) in [7, 11) is 0. The molecule has 1 aromatic carbocycles. The lowest BCUT2D eigenvalue weighted by Gasteiger charge is -2.09. The summed E-state index contributed by atoms with van der Waals surface area (Å²) in [6.07, 6.45) is 0. The number of aromatic nitrogens is 2. The topological polar surface area (TPSA) is 74.7 Å². The highest BCUT2D eigenvalue weighted by molar-refractivity contribution is 7.99. The standard InChI is InChI=1S/C13H14N4OS/c1-3-19-12-6-4-5-11(10(12)7-14)15-8-13-16-9(2)18-17-13/h4-6,15H,3,8H2,1-2H3. The van der Waals surface area contributed by atoms with E-state index in [2.05, 4.69) is 28.5 Å². The summed E-state index contributed by atoms with van der Waals surface area (Å²) < 4.78 is 4.90. The number of nitrogens with one attached hydrogen (secondary N) is 1. The summed E-state index contributed by atoms with van der Waals surface area (Å²) in [6.45, 7) is 4.25. The third-order valence-corrected chi connectivity index (χ3v) is 3.38. The molecule has 0 bridgehead atoms. The highest BCUT2D eigenvalue weighted by Crippen LogP contribution is 2.27. The molecule has 0 amide bonds. The van der Waals surface area contributed by atoms with E-state index in [1.54, 1.807) is 18.7 Å². The number of thioether (sulfide) groups is 1. The van der Waals surface area contributed by atoms with Gasteiger partial charge in [0.15, 0.2) is 5.82 Å². The monoisotopic (exact) mass is 274 g/mol. The maximum atomic E-state index is 9.27. The molecule has 1 heterocycles. The molecule has 0 spiro atoms. The van der Waals surface area contributed by atoms with Crippen LogP contribution >= 0.6 is 11.8 Å². The number of nitriles is 1. The van der Waals surface area contributed by atoms with E-state index in [-0.39, 0.29) is 0 Å². The molecule has 0 unspecified atom stereocenters. The zero-order valence-corrected chi connectivity index (χ0v) is 11.6. The van der Waals surface area contributed by atoms with Crippen molar-refractivity contribution in [2.24, 2.45) is 0 Å². The van der Waals surface area contributed by atoms with E-state index in [9.17, 15) is 5.26 Å². The zero-order chi connectivity index (χ0) is 13.7. The molecule has 2 rings (SSSR count). The Kier molecular flexibility index (Phi) is 4.42. The second kappa shape index (κ2) is 6.25. The molecule has 0 saturated heterocycles. The van der Waals surface area contributed by atoms with Crippen molar-refractivity contribution in [3.63, 3.8) is 0 Å². The third kappa shape index (κ3) is 3.26. The fourth-order valence-electron chi connectivity index (χ4n) is 1.66. The predicted molar refractivity (Wildman–Crippen MR) is 73.9 cm³/mol. The Bertz CT molecular complexity index is 603. The molecular formula is C13H14N4OS.